The lowest BCUT2D eigenvalue weighted by molar-refractivity contribution is -0.119. The van der Waals surface area contributed by atoms with Crippen molar-refractivity contribution in [2.45, 2.75) is 26.3 Å². The van der Waals surface area contributed by atoms with Crippen LogP contribution in [0.1, 0.15) is 31.9 Å². The normalized spacial score (nSPS) is 18.0. The molecule has 1 aromatic rings. The van der Waals surface area contributed by atoms with Crippen LogP contribution in [0, 0.1) is 5.92 Å². The Bertz CT molecular complexity index is 459. The molecule has 1 atom stereocenters. The molecule has 0 aromatic heterocycles. The number of fused-ring (bicyclic) bond motifs is 1. The first-order valence-electron chi connectivity index (χ1n) is 7.39. The Morgan fingerprint density at radius 3 is 2.85 bits per heavy atom. The molecule has 1 aliphatic rings. The van der Waals surface area contributed by atoms with Gasteiger partial charge in [0.1, 0.15) is 0 Å². The van der Waals surface area contributed by atoms with Gasteiger partial charge in [0.15, 0.2) is 0 Å². The summed E-state index contributed by atoms with van der Waals surface area (Å²) in [6, 6.07) is 8.74. The summed E-state index contributed by atoms with van der Waals surface area (Å²) < 4.78 is 0. The zero-order valence-electron chi connectivity index (χ0n) is 12.6. The number of hydrogen-bond donors (Lipinski definition) is 2. The molecule has 1 aromatic carbocycles. The van der Waals surface area contributed by atoms with E-state index in [-0.39, 0.29) is 5.91 Å². The number of rotatable bonds is 5. The third-order valence-electron chi connectivity index (χ3n) is 3.73. The highest BCUT2D eigenvalue weighted by Gasteiger charge is 2.24. The van der Waals surface area contributed by atoms with Crippen molar-refractivity contribution in [3.63, 3.8) is 0 Å². The smallest absolute Gasteiger partial charge is 0.239 e. The van der Waals surface area contributed by atoms with E-state index in [4.69, 9.17) is 0 Å². The Kier molecular flexibility index (Phi) is 5.01. The highest BCUT2D eigenvalue weighted by atomic mass is 16.2. The summed E-state index contributed by atoms with van der Waals surface area (Å²) >= 11 is 0. The summed E-state index contributed by atoms with van der Waals surface area (Å²) in [5.74, 6) is 0.595. The predicted molar refractivity (Wildman–Crippen MR) is 82.9 cm³/mol. The Morgan fingerprint density at radius 2 is 2.15 bits per heavy atom. The minimum atomic E-state index is 0.108. The number of anilines is 1. The zero-order chi connectivity index (χ0) is 14.5. The number of hydrogen-bond acceptors (Lipinski definition) is 3. The fourth-order valence-electron chi connectivity index (χ4n) is 2.64. The molecular weight excluding hydrogens is 250 g/mol. The van der Waals surface area contributed by atoms with Crippen LogP contribution in [0.25, 0.3) is 0 Å². The fraction of sp³-hybridized carbons (Fsp3) is 0.562. The number of para-hydroxylation sites is 1. The summed E-state index contributed by atoms with van der Waals surface area (Å²) in [7, 11) is 1.99. The Morgan fingerprint density at radius 1 is 1.40 bits per heavy atom. The van der Waals surface area contributed by atoms with Gasteiger partial charge in [0, 0.05) is 24.8 Å². The molecule has 2 N–H and O–H groups in total. The molecule has 0 spiro atoms. The number of carbonyl (C=O) groups is 1. The summed E-state index contributed by atoms with van der Waals surface area (Å²) in [6.07, 6.45) is 1.03. The average molecular weight is 275 g/mol. The van der Waals surface area contributed by atoms with Crippen LogP contribution in [-0.2, 0) is 4.79 Å². The van der Waals surface area contributed by atoms with E-state index < -0.39 is 0 Å². The largest absolute Gasteiger partial charge is 0.362 e. The summed E-state index contributed by atoms with van der Waals surface area (Å²) in [6.45, 7) is 6.31. The van der Waals surface area contributed by atoms with Crippen LogP contribution < -0.4 is 15.5 Å². The van der Waals surface area contributed by atoms with Crippen LogP contribution in [0.3, 0.4) is 0 Å². The second-order valence-electron chi connectivity index (χ2n) is 5.81. The SMILES string of the molecule is CNC1CCN(CC(=O)NCC(C)C)c2ccccc21. The molecule has 20 heavy (non-hydrogen) atoms. The molecule has 0 bridgehead atoms. The van der Waals surface area contributed by atoms with Gasteiger partial charge in [0.2, 0.25) is 5.91 Å². The van der Waals surface area contributed by atoms with E-state index >= 15 is 0 Å². The van der Waals surface area contributed by atoms with Gasteiger partial charge in [-0.25, -0.2) is 0 Å². The van der Waals surface area contributed by atoms with Crippen LogP contribution in [0.5, 0.6) is 0 Å². The summed E-state index contributed by atoms with van der Waals surface area (Å²) in [4.78, 5) is 14.2. The van der Waals surface area contributed by atoms with Gasteiger partial charge in [-0.2, -0.15) is 0 Å². The lowest BCUT2D eigenvalue weighted by Crippen LogP contribution is -2.42. The molecule has 1 aliphatic heterocycles. The quantitative estimate of drug-likeness (QED) is 0.863. The van der Waals surface area contributed by atoms with E-state index in [2.05, 4.69) is 47.6 Å². The van der Waals surface area contributed by atoms with Crippen molar-refractivity contribution >= 4 is 11.6 Å². The van der Waals surface area contributed by atoms with E-state index in [0.29, 0.717) is 18.5 Å². The van der Waals surface area contributed by atoms with Crippen LogP contribution in [-0.4, -0.2) is 32.6 Å². The molecule has 4 nitrogen and oxygen atoms in total. The van der Waals surface area contributed by atoms with E-state index in [1.807, 2.05) is 13.1 Å². The van der Waals surface area contributed by atoms with Gasteiger partial charge >= 0.3 is 0 Å². The molecule has 1 amide bonds. The highest BCUT2D eigenvalue weighted by molar-refractivity contribution is 5.82. The molecule has 0 radical (unpaired) electrons. The topological polar surface area (TPSA) is 44.4 Å². The van der Waals surface area contributed by atoms with E-state index in [1.165, 1.54) is 11.3 Å². The van der Waals surface area contributed by atoms with Crippen molar-refractivity contribution in [3.05, 3.63) is 29.8 Å². The monoisotopic (exact) mass is 275 g/mol. The maximum Gasteiger partial charge on any atom is 0.239 e. The van der Waals surface area contributed by atoms with Crippen molar-refractivity contribution in [1.29, 1.82) is 0 Å². The van der Waals surface area contributed by atoms with Gasteiger partial charge in [-0.3, -0.25) is 4.79 Å². The number of nitrogens with one attached hydrogen (secondary N) is 2. The Hall–Kier alpha value is -1.55. The predicted octanol–water partition coefficient (Wildman–Crippen LogP) is 1.93. The number of benzene rings is 1. The van der Waals surface area contributed by atoms with Crippen LogP contribution >= 0.6 is 0 Å². The maximum atomic E-state index is 12.0. The highest BCUT2D eigenvalue weighted by Crippen LogP contribution is 2.32. The van der Waals surface area contributed by atoms with Crippen LogP contribution in [0.2, 0.25) is 0 Å². The molecular formula is C16H25N3O. The minimum Gasteiger partial charge on any atom is -0.362 e. The van der Waals surface area contributed by atoms with Crippen molar-refractivity contribution in [1.82, 2.24) is 10.6 Å². The molecule has 0 fully saturated rings. The Labute approximate surface area is 121 Å². The zero-order valence-corrected chi connectivity index (χ0v) is 12.6. The first-order valence-corrected chi connectivity index (χ1v) is 7.39. The van der Waals surface area contributed by atoms with Crippen molar-refractivity contribution < 1.29 is 4.79 Å². The van der Waals surface area contributed by atoms with Gasteiger partial charge in [-0.15, -0.1) is 0 Å². The fourth-order valence-corrected chi connectivity index (χ4v) is 2.64. The minimum absolute atomic E-state index is 0.108. The lowest BCUT2D eigenvalue weighted by atomic mass is 9.96. The molecule has 4 heteroatoms. The molecule has 0 aliphatic carbocycles. The number of carbonyl (C=O) groups excluding carboxylic acids is 1. The second-order valence-corrected chi connectivity index (χ2v) is 5.81. The van der Waals surface area contributed by atoms with Crippen molar-refractivity contribution in [2.24, 2.45) is 5.92 Å². The van der Waals surface area contributed by atoms with Gasteiger partial charge in [-0.1, -0.05) is 32.0 Å². The third kappa shape index (κ3) is 3.51. The van der Waals surface area contributed by atoms with Gasteiger partial charge < -0.3 is 15.5 Å². The third-order valence-corrected chi connectivity index (χ3v) is 3.73. The first-order chi connectivity index (χ1) is 9.61. The molecule has 0 saturated heterocycles. The standard InChI is InChI=1S/C16H25N3O/c1-12(2)10-18-16(20)11-19-9-8-14(17-3)13-6-4-5-7-15(13)19/h4-7,12,14,17H,8-11H2,1-3H3,(H,18,20). The number of amides is 1. The molecule has 2 rings (SSSR count). The summed E-state index contributed by atoms with van der Waals surface area (Å²) in [5, 5.41) is 6.34. The Balaban J connectivity index is 2.05. The maximum absolute atomic E-state index is 12.0. The number of nitrogens with zero attached hydrogens (tertiary/aromatic N) is 1. The van der Waals surface area contributed by atoms with Crippen LogP contribution in [0.4, 0.5) is 5.69 Å². The van der Waals surface area contributed by atoms with Gasteiger partial charge in [0.05, 0.1) is 6.54 Å². The second kappa shape index (κ2) is 6.75. The molecule has 110 valence electrons. The van der Waals surface area contributed by atoms with E-state index in [0.717, 1.165) is 19.5 Å². The summed E-state index contributed by atoms with van der Waals surface area (Å²) in [5.41, 5.74) is 2.47. The van der Waals surface area contributed by atoms with Crippen molar-refractivity contribution in [3.8, 4) is 0 Å². The average Bonchev–Trinajstić information content (AvgIpc) is 2.45. The first kappa shape index (κ1) is 14.9. The van der Waals surface area contributed by atoms with E-state index in [1.54, 1.807) is 0 Å². The molecule has 1 unspecified atom stereocenters. The lowest BCUT2D eigenvalue weighted by Gasteiger charge is -2.35. The van der Waals surface area contributed by atoms with Gasteiger partial charge in [0.25, 0.3) is 0 Å². The molecule has 1 heterocycles. The van der Waals surface area contributed by atoms with Crippen LogP contribution in [0.15, 0.2) is 24.3 Å². The van der Waals surface area contributed by atoms with E-state index in [9.17, 15) is 4.79 Å². The van der Waals surface area contributed by atoms with Crippen molar-refractivity contribution in [2.75, 3.05) is 31.6 Å². The van der Waals surface area contributed by atoms with Gasteiger partial charge in [-0.05, 0) is 31.0 Å². The molecule has 0 saturated carbocycles.